The molecule has 3 N–H and O–H groups in total. The van der Waals surface area contributed by atoms with E-state index in [2.05, 4.69) is 22.1 Å². The van der Waals surface area contributed by atoms with Gasteiger partial charge in [0.1, 0.15) is 5.60 Å². The Hall–Kier alpha value is -2.31. The molecule has 0 spiro atoms. The fourth-order valence-electron chi connectivity index (χ4n) is 4.15. The van der Waals surface area contributed by atoms with Crippen LogP contribution in [0.15, 0.2) is 6.20 Å². The van der Waals surface area contributed by atoms with Crippen LogP contribution in [-0.2, 0) is 17.6 Å². The minimum Gasteiger partial charge on any atom is -0.444 e. The van der Waals surface area contributed by atoms with Gasteiger partial charge >= 0.3 is 6.09 Å². The van der Waals surface area contributed by atoms with Crippen molar-refractivity contribution < 1.29 is 14.3 Å². The molecule has 1 fully saturated rings. The van der Waals surface area contributed by atoms with E-state index in [0.29, 0.717) is 18.0 Å². The van der Waals surface area contributed by atoms with Crippen LogP contribution in [0.1, 0.15) is 62.2 Å². The number of nitrogens with zero attached hydrogens (tertiary/aromatic N) is 2. The number of carbonyl (C=O) groups is 2. The fraction of sp³-hybridized carbons (Fsp3) is 0.650. The highest BCUT2D eigenvalue weighted by atomic mass is 16.6. The zero-order valence-electron chi connectivity index (χ0n) is 16.7. The van der Waals surface area contributed by atoms with Gasteiger partial charge < -0.3 is 20.7 Å². The van der Waals surface area contributed by atoms with E-state index in [1.165, 1.54) is 0 Å². The lowest BCUT2D eigenvalue weighted by molar-refractivity contribution is 0.0495. The van der Waals surface area contributed by atoms with Gasteiger partial charge in [-0.2, -0.15) is 0 Å². The monoisotopic (exact) mass is 374 g/mol. The first-order chi connectivity index (χ1) is 12.6. The molecule has 148 valence electrons. The normalized spacial score (nSPS) is 22.3. The van der Waals surface area contributed by atoms with Gasteiger partial charge in [-0.3, -0.25) is 9.78 Å². The first kappa shape index (κ1) is 19.5. The van der Waals surface area contributed by atoms with Gasteiger partial charge in [0, 0.05) is 31.0 Å². The van der Waals surface area contributed by atoms with Crippen molar-refractivity contribution in [2.75, 3.05) is 18.0 Å². The summed E-state index contributed by atoms with van der Waals surface area (Å²) in [5.74, 6) is -0.0910. The number of nitrogens with one attached hydrogen (secondary N) is 1. The van der Waals surface area contributed by atoms with Gasteiger partial charge in [-0.25, -0.2) is 4.79 Å². The standard InChI is InChI=1S/C20H30N4O3/c1-12-8-13(23-19(26)27-20(2,3)4)11-24(10-12)17-14-6-5-7-16(14)22-9-15(17)18(21)25/h9,12-13H,5-8,10-11H2,1-4H3,(H2,21,25)(H,23,26)/t12-,13+/m1/s1. The van der Waals surface area contributed by atoms with Crippen molar-refractivity contribution in [3.63, 3.8) is 0 Å². The molecule has 1 saturated heterocycles. The Morgan fingerprint density at radius 2 is 2.04 bits per heavy atom. The Morgan fingerprint density at radius 1 is 1.30 bits per heavy atom. The van der Waals surface area contributed by atoms with Crippen LogP contribution >= 0.6 is 0 Å². The lowest BCUT2D eigenvalue weighted by Gasteiger charge is -2.39. The van der Waals surface area contributed by atoms with Crippen molar-refractivity contribution in [1.82, 2.24) is 10.3 Å². The van der Waals surface area contributed by atoms with E-state index in [-0.39, 0.29) is 6.04 Å². The summed E-state index contributed by atoms with van der Waals surface area (Å²) < 4.78 is 5.40. The van der Waals surface area contributed by atoms with E-state index in [1.807, 2.05) is 20.8 Å². The predicted octanol–water partition coefficient (Wildman–Crippen LogP) is 2.41. The third-order valence-corrected chi connectivity index (χ3v) is 5.04. The quantitative estimate of drug-likeness (QED) is 0.847. The maximum Gasteiger partial charge on any atom is 0.407 e. The Kier molecular flexibility index (Phi) is 5.31. The van der Waals surface area contributed by atoms with Crippen LogP contribution in [0, 0.1) is 5.92 Å². The Balaban J connectivity index is 1.84. The number of hydrogen-bond acceptors (Lipinski definition) is 5. The molecule has 1 aliphatic carbocycles. The number of nitrogens with two attached hydrogens (primary N) is 1. The van der Waals surface area contributed by atoms with Gasteiger partial charge in [0.2, 0.25) is 0 Å². The summed E-state index contributed by atoms with van der Waals surface area (Å²) in [6.07, 6.45) is 4.96. The van der Waals surface area contributed by atoms with Crippen molar-refractivity contribution >= 4 is 17.7 Å². The Morgan fingerprint density at radius 3 is 2.70 bits per heavy atom. The summed E-state index contributed by atoms with van der Waals surface area (Å²) in [6.45, 7) is 9.15. The highest BCUT2D eigenvalue weighted by Crippen LogP contribution is 2.35. The van der Waals surface area contributed by atoms with E-state index in [0.717, 1.165) is 49.2 Å². The number of alkyl carbamates (subject to hydrolysis) is 1. The molecule has 7 heteroatoms. The second-order valence-electron chi connectivity index (χ2n) is 8.75. The second-order valence-corrected chi connectivity index (χ2v) is 8.75. The molecule has 0 radical (unpaired) electrons. The molecule has 27 heavy (non-hydrogen) atoms. The summed E-state index contributed by atoms with van der Waals surface area (Å²) in [7, 11) is 0. The lowest BCUT2D eigenvalue weighted by atomic mass is 9.94. The average Bonchev–Trinajstić information content (AvgIpc) is 2.99. The van der Waals surface area contributed by atoms with E-state index >= 15 is 0 Å². The molecule has 0 unspecified atom stereocenters. The Labute approximate surface area is 160 Å². The number of ether oxygens (including phenoxy) is 1. The van der Waals surface area contributed by atoms with Crippen LogP contribution < -0.4 is 16.0 Å². The number of rotatable bonds is 3. The molecule has 0 aromatic carbocycles. The number of piperidine rings is 1. The van der Waals surface area contributed by atoms with Gasteiger partial charge in [0.15, 0.2) is 0 Å². The van der Waals surface area contributed by atoms with Crippen molar-refractivity contribution in [3.8, 4) is 0 Å². The van der Waals surface area contributed by atoms with Crippen molar-refractivity contribution in [3.05, 3.63) is 23.0 Å². The maximum absolute atomic E-state index is 12.2. The second kappa shape index (κ2) is 7.37. The van der Waals surface area contributed by atoms with Crippen LogP contribution in [0.25, 0.3) is 0 Å². The van der Waals surface area contributed by atoms with Gasteiger partial charge in [-0.1, -0.05) is 6.92 Å². The number of primary amides is 1. The largest absolute Gasteiger partial charge is 0.444 e. The van der Waals surface area contributed by atoms with Crippen molar-refractivity contribution in [1.29, 1.82) is 0 Å². The molecule has 2 aliphatic rings. The third-order valence-electron chi connectivity index (χ3n) is 5.04. The van der Waals surface area contributed by atoms with Gasteiger partial charge in [-0.15, -0.1) is 0 Å². The van der Waals surface area contributed by atoms with Crippen LogP contribution in [0.3, 0.4) is 0 Å². The predicted molar refractivity (Wildman–Crippen MR) is 104 cm³/mol. The molecule has 1 aromatic rings. The molecule has 1 aromatic heterocycles. The van der Waals surface area contributed by atoms with Crippen molar-refractivity contribution in [2.24, 2.45) is 11.7 Å². The van der Waals surface area contributed by atoms with Gasteiger partial charge in [-0.05, 0) is 57.9 Å². The number of fused-ring (bicyclic) bond motifs is 1. The van der Waals surface area contributed by atoms with E-state index in [1.54, 1.807) is 6.20 Å². The van der Waals surface area contributed by atoms with E-state index < -0.39 is 17.6 Å². The first-order valence-electron chi connectivity index (χ1n) is 9.69. The molecule has 7 nitrogen and oxygen atoms in total. The Bertz CT molecular complexity index is 741. The number of pyridine rings is 1. The fourth-order valence-corrected chi connectivity index (χ4v) is 4.15. The molecule has 2 heterocycles. The molecule has 0 saturated carbocycles. The minimum absolute atomic E-state index is 0.0467. The highest BCUT2D eigenvalue weighted by Gasteiger charge is 2.32. The van der Waals surface area contributed by atoms with E-state index in [4.69, 9.17) is 10.5 Å². The van der Waals surface area contributed by atoms with E-state index in [9.17, 15) is 9.59 Å². The number of amides is 2. The number of hydrogen-bond donors (Lipinski definition) is 2. The zero-order valence-corrected chi connectivity index (χ0v) is 16.7. The SMILES string of the molecule is C[C@@H]1C[C@H](NC(=O)OC(C)(C)C)CN(c2c(C(N)=O)cnc3c2CCC3)C1. The van der Waals surface area contributed by atoms with Crippen LogP contribution in [0.2, 0.25) is 0 Å². The molecule has 3 rings (SSSR count). The summed E-state index contributed by atoms with van der Waals surface area (Å²) in [4.78, 5) is 30.9. The summed E-state index contributed by atoms with van der Waals surface area (Å²) in [6, 6.07) is -0.0467. The summed E-state index contributed by atoms with van der Waals surface area (Å²) >= 11 is 0. The molecule has 1 aliphatic heterocycles. The molecular formula is C20H30N4O3. The third kappa shape index (κ3) is 4.51. The van der Waals surface area contributed by atoms with Gasteiger partial charge in [0.25, 0.3) is 5.91 Å². The average molecular weight is 374 g/mol. The number of aryl methyl sites for hydroxylation is 1. The summed E-state index contributed by atoms with van der Waals surface area (Å²) in [5, 5.41) is 2.99. The first-order valence-corrected chi connectivity index (χ1v) is 9.69. The molecule has 2 atom stereocenters. The number of aromatic nitrogens is 1. The zero-order chi connectivity index (χ0) is 19.8. The van der Waals surface area contributed by atoms with Crippen LogP contribution in [0.5, 0.6) is 0 Å². The summed E-state index contributed by atoms with van der Waals surface area (Å²) in [5.41, 5.74) is 8.69. The van der Waals surface area contributed by atoms with Gasteiger partial charge in [0.05, 0.1) is 11.3 Å². The lowest BCUT2D eigenvalue weighted by Crippen LogP contribution is -2.52. The minimum atomic E-state index is -0.533. The smallest absolute Gasteiger partial charge is 0.407 e. The molecule has 2 amide bonds. The van der Waals surface area contributed by atoms with Crippen LogP contribution in [0.4, 0.5) is 10.5 Å². The number of anilines is 1. The van der Waals surface area contributed by atoms with Crippen molar-refractivity contribution in [2.45, 2.75) is 65.0 Å². The molecule has 0 bridgehead atoms. The maximum atomic E-state index is 12.2. The van der Waals surface area contributed by atoms with Crippen LogP contribution in [-0.4, -0.2) is 41.7 Å². The topological polar surface area (TPSA) is 97.5 Å². The highest BCUT2D eigenvalue weighted by molar-refractivity contribution is 5.99. The molecular weight excluding hydrogens is 344 g/mol. The number of carbonyl (C=O) groups excluding carboxylic acids is 2.